The van der Waals surface area contributed by atoms with Crippen molar-refractivity contribution in [2.75, 3.05) is 0 Å². The standard InChI is InChI=1S/C22H17N3OS/c23-21(26)20(16-11-5-2-6-12-16)27-22-18-14-8-7-13-17(18)19(24-25-22)15-9-3-1-4-10-15/h1-14,20H,(H2,23,26)/t20-/m0/s1. The molecule has 1 heterocycles. The van der Waals surface area contributed by atoms with Crippen LogP contribution in [0.2, 0.25) is 0 Å². The molecule has 132 valence electrons. The number of nitrogens with zero attached hydrogens (tertiary/aromatic N) is 2. The fourth-order valence-corrected chi connectivity index (χ4v) is 4.03. The number of carbonyl (C=O) groups excluding carboxylic acids is 1. The van der Waals surface area contributed by atoms with Gasteiger partial charge in [0.1, 0.15) is 16.0 Å². The van der Waals surface area contributed by atoms with Crippen molar-refractivity contribution in [3.63, 3.8) is 0 Å². The van der Waals surface area contributed by atoms with Crippen LogP contribution in [0.25, 0.3) is 22.0 Å². The van der Waals surface area contributed by atoms with Crippen LogP contribution < -0.4 is 5.73 Å². The van der Waals surface area contributed by atoms with Gasteiger partial charge in [-0.15, -0.1) is 10.2 Å². The monoisotopic (exact) mass is 371 g/mol. The van der Waals surface area contributed by atoms with Crippen molar-refractivity contribution >= 4 is 28.4 Å². The molecule has 4 aromatic rings. The van der Waals surface area contributed by atoms with Crippen molar-refractivity contribution in [1.29, 1.82) is 0 Å². The van der Waals surface area contributed by atoms with E-state index in [0.29, 0.717) is 5.03 Å². The average Bonchev–Trinajstić information content (AvgIpc) is 2.73. The molecule has 0 radical (unpaired) electrons. The molecule has 0 spiro atoms. The van der Waals surface area contributed by atoms with E-state index in [-0.39, 0.29) is 0 Å². The summed E-state index contributed by atoms with van der Waals surface area (Å²) < 4.78 is 0. The van der Waals surface area contributed by atoms with Gasteiger partial charge in [0, 0.05) is 16.3 Å². The number of nitrogens with two attached hydrogens (primary N) is 1. The number of rotatable bonds is 5. The minimum Gasteiger partial charge on any atom is -0.368 e. The summed E-state index contributed by atoms with van der Waals surface area (Å²) in [6, 6.07) is 27.4. The lowest BCUT2D eigenvalue weighted by Gasteiger charge is -2.15. The van der Waals surface area contributed by atoms with Gasteiger partial charge in [0.2, 0.25) is 5.91 Å². The molecule has 27 heavy (non-hydrogen) atoms. The van der Waals surface area contributed by atoms with Gasteiger partial charge in [0.25, 0.3) is 0 Å². The van der Waals surface area contributed by atoms with E-state index in [1.807, 2.05) is 84.9 Å². The van der Waals surface area contributed by atoms with Crippen molar-refractivity contribution in [2.24, 2.45) is 5.73 Å². The van der Waals surface area contributed by atoms with Gasteiger partial charge in [-0.05, 0) is 5.56 Å². The van der Waals surface area contributed by atoms with Gasteiger partial charge < -0.3 is 5.73 Å². The summed E-state index contributed by atoms with van der Waals surface area (Å²) in [7, 11) is 0. The molecule has 0 aliphatic heterocycles. The predicted molar refractivity (Wildman–Crippen MR) is 109 cm³/mol. The van der Waals surface area contributed by atoms with Crippen molar-refractivity contribution in [3.05, 3.63) is 90.5 Å². The van der Waals surface area contributed by atoms with E-state index >= 15 is 0 Å². The van der Waals surface area contributed by atoms with Gasteiger partial charge in [-0.25, -0.2) is 0 Å². The first-order valence-electron chi connectivity index (χ1n) is 8.56. The van der Waals surface area contributed by atoms with Crippen LogP contribution >= 0.6 is 11.8 Å². The van der Waals surface area contributed by atoms with Gasteiger partial charge in [0.15, 0.2) is 0 Å². The molecule has 5 heteroatoms. The Morgan fingerprint density at radius 1 is 0.778 bits per heavy atom. The first-order chi connectivity index (χ1) is 13.2. The molecule has 0 saturated carbocycles. The van der Waals surface area contributed by atoms with Crippen LogP contribution in [0.1, 0.15) is 10.8 Å². The topological polar surface area (TPSA) is 68.9 Å². The maximum atomic E-state index is 12.1. The molecule has 3 aromatic carbocycles. The first-order valence-corrected chi connectivity index (χ1v) is 9.44. The van der Waals surface area contributed by atoms with Crippen LogP contribution in [0.4, 0.5) is 0 Å². The van der Waals surface area contributed by atoms with E-state index in [1.54, 1.807) is 0 Å². The van der Waals surface area contributed by atoms with Crippen LogP contribution in [-0.2, 0) is 4.79 Å². The second-order valence-corrected chi connectivity index (χ2v) is 7.17. The van der Waals surface area contributed by atoms with E-state index < -0.39 is 11.2 Å². The second-order valence-electron chi connectivity index (χ2n) is 6.08. The highest BCUT2D eigenvalue weighted by atomic mass is 32.2. The Hall–Kier alpha value is -3.18. The molecule has 4 nitrogen and oxygen atoms in total. The number of hydrogen-bond donors (Lipinski definition) is 1. The highest BCUT2D eigenvalue weighted by Gasteiger charge is 2.22. The highest BCUT2D eigenvalue weighted by molar-refractivity contribution is 8.00. The zero-order chi connectivity index (χ0) is 18.6. The van der Waals surface area contributed by atoms with Crippen molar-refractivity contribution in [1.82, 2.24) is 10.2 Å². The van der Waals surface area contributed by atoms with Crippen LogP contribution in [0.5, 0.6) is 0 Å². The summed E-state index contributed by atoms with van der Waals surface area (Å²) in [5, 5.41) is 11.0. The predicted octanol–water partition coefficient (Wildman–Crippen LogP) is 4.62. The largest absolute Gasteiger partial charge is 0.368 e. The van der Waals surface area contributed by atoms with E-state index in [2.05, 4.69) is 10.2 Å². The normalized spacial score (nSPS) is 12.0. The Labute approximate surface area is 161 Å². The number of fused-ring (bicyclic) bond motifs is 1. The Morgan fingerprint density at radius 3 is 2.04 bits per heavy atom. The summed E-state index contributed by atoms with van der Waals surface area (Å²) in [6.07, 6.45) is 0. The Morgan fingerprint density at radius 2 is 1.37 bits per heavy atom. The van der Waals surface area contributed by atoms with Crippen molar-refractivity contribution in [3.8, 4) is 11.3 Å². The minimum absolute atomic E-state index is 0.399. The zero-order valence-electron chi connectivity index (χ0n) is 14.4. The van der Waals surface area contributed by atoms with E-state index in [0.717, 1.165) is 27.6 Å². The third-order valence-electron chi connectivity index (χ3n) is 4.29. The molecule has 0 bridgehead atoms. The summed E-state index contributed by atoms with van der Waals surface area (Å²) in [5.74, 6) is -0.399. The van der Waals surface area contributed by atoms with Crippen LogP contribution in [0, 0.1) is 0 Å². The summed E-state index contributed by atoms with van der Waals surface area (Å²) >= 11 is 1.34. The third-order valence-corrected chi connectivity index (χ3v) is 5.56. The summed E-state index contributed by atoms with van der Waals surface area (Å²) in [4.78, 5) is 12.1. The number of aromatic nitrogens is 2. The second kappa shape index (κ2) is 7.60. The van der Waals surface area contributed by atoms with Crippen molar-refractivity contribution < 1.29 is 4.79 Å². The molecule has 4 rings (SSSR count). The smallest absolute Gasteiger partial charge is 0.235 e. The third kappa shape index (κ3) is 3.55. The lowest BCUT2D eigenvalue weighted by Crippen LogP contribution is -2.19. The zero-order valence-corrected chi connectivity index (χ0v) is 15.3. The number of primary amides is 1. The molecular weight excluding hydrogens is 354 g/mol. The van der Waals surface area contributed by atoms with Crippen molar-refractivity contribution in [2.45, 2.75) is 10.3 Å². The molecule has 0 aliphatic rings. The number of thioether (sulfide) groups is 1. The molecule has 0 fully saturated rings. The summed E-state index contributed by atoms with van der Waals surface area (Å²) in [5.41, 5.74) is 8.36. The van der Waals surface area contributed by atoms with Gasteiger partial charge >= 0.3 is 0 Å². The molecule has 1 aromatic heterocycles. The number of amides is 1. The van der Waals surface area contributed by atoms with Crippen LogP contribution in [0.15, 0.2) is 90.0 Å². The molecule has 0 unspecified atom stereocenters. The van der Waals surface area contributed by atoms with Crippen LogP contribution in [0.3, 0.4) is 0 Å². The lowest BCUT2D eigenvalue weighted by atomic mass is 10.1. The van der Waals surface area contributed by atoms with E-state index in [1.165, 1.54) is 11.8 Å². The Bertz CT molecular complexity index is 1080. The number of benzene rings is 3. The van der Waals surface area contributed by atoms with Gasteiger partial charge in [-0.3, -0.25) is 4.79 Å². The SMILES string of the molecule is NC(=O)[C@@H](Sc1nnc(-c2ccccc2)c2ccccc12)c1ccccc1. The maximum Gasteiger partial charge on any atom is 0.235 e. The van der Waals surface area contributed by atoms with E-state index in [4.69, 9.17) is 5.73 Å². The molecular formula is C22H17N3OS. The van der Waals surface area contributed by atoms with Crippen LogP contribution in [-0.4, -0.2) is 16.1 Å². The molecule has 2 N–H and O–H groups in total. The molecule has 0 aliphatic carbocycles. The van der Waals surface area contributed by atoms with Gasteiger partial charge in [-0.2, -0.15) is 0 Å². The quantitative estimate of drug-likeness (QED) is 0.520. The number of carbonyl (C=O) groups is 1. The number of hydrogen-bond acceptors (Lipinski definition) is 4. The van der Waals surface area contributed by atoms with Gasteiger partial charge in [-0.1, -0.05) is 96.7 Å². The Kier molecular flexibility index (Phi) is 4.85. The molecule has 0 saturated heterocycles. The fraction of sp³-hybridized carbons (Fsp3) is 0.0455. The Balaban J connectivity index is 1.80. The average molecular weight is 371 g/mol. The van der Waals surface area contributed by atoms with Gasteiger partial charge in [0.05, 0.1) is 0 Å². The molecule has 1 amide bonds. The highest BCUT2D eigenvalue weighted by Crippen LogP contribution is 2.38. The maximum absolute atomic E-state index is 12.1. The minimum atomic E-state index is -0.522. The first kappa shape index (κ1) is 17.2. The molecule has 1 atom stereocenters. The van der Waals surface area contributed by atoms with E-state index in [9.17, 15) is 4.79 Å². The lowest BCUT2D eigenvalue weighted by molar-refractivity contribution is -0.117. The fourth-order valence-electron chi connectivity index (χ4n) is 3.01. The summed E-state index contributed by atoms with van der Waals surface area (Å²) in [6.45, 7) is 0.